The van der Waals surface area contributed by atoms with E-state index in [4.69, 9.17) is 4.74 Å². The third-order valence-corrected chi connectivity index (χ3v) is 3.82. The summed E-state index contributed by atoms with van der Waals surface area (Å²) in [4.78, 5) is 2.45. The van der Waals surface area contributed by atoms with E-state index in [1.807, 2.05) is 0 Å². The van der Waals surface area contributed by atoms with Crippen molar-refractivity contribution >= 4 is 0 Å². The van der Waals surface area contributed by atoms with Crippen LogP contribution in [0.15, 0.2) is 0 Å². The van der Waals surface area contributed by atoms with E-state index in [0.29, 0.717) is 24.7 Å². The molecule has 2 saturated heterocycles. The molecule has 0 saturated carbocycles. The van der Waals surface area contributed by atoms with Gasteiger partial charge in [-0.25, -0.2) is 0 Å². The molecule has 0 aromatic rings. The molecule has 0 aliphatic carbocycles. The molecule has 2 aliphatic heterocycles. The lowest BCUT2D eigenvalue weighted by molar-refractivity contribution is 0.0553. The first-order valence-electron chi connectivity index (χ1n) is 6.49. The van der Waals surface area contributed by atoms with Gasteiger partial charge in [-0.15, -0.1) is 0 Å². The SMILES string of the molecule is CC(CC1COCCN1)N1CCCC1CO. The van der Waals surface area contributed by atoms with Crippen molar-refractivity contribution < 1.29 is 9.84 Å². The molecule has 2 N–H and O–H groups in total. The lowest BCUT2D eigenvalue weighted by atomic mass is 10.1. The molecule has 3 atom stereocenters. The zero-order valence-electron chi connectivity index (χ0n) is 10.2. The summed E-state index contributed by atoms with van der Waals surface area (Å²) in [6.45, 7) is 6.36. The third kappa shape index (κ3) is 2.94. The van der Waals surface area contributed by atoms with Crippen molar-refractivity contribution in [2.75, 3.05) is 32.9 Å². The first-order valence-corrected chi connectivity index (χ1v) is 6.49. The Labute approximate surface area is 98.0 Å². The summed E-state index contributed by atoms with van der Waals surface area (Å²) < 4.78 is 5.47. The Kier molecular flexibility index (Phi) is 4.58. The van der Waals surface area contributed by atoms with E-state index in [-0.39, 0.29) is 0 Å². The number of nitrogens with one attached hydrogen (secondary N) is 1. The van der Waals surface area contributed by atoms with E-state index in [9.17, 15) is 5.11 Å². The molecule has 0 radical (unpaired) electrons. The van der Waals surface area contributed by atoms with Gasteiger partial charge >= 0.3 is 0 Å². The number of rotatable bonds is 4. The summed E-state index contributed by atoms with van der Waals surface area (Å²) in [6, 6.07) is 1.42. The molecule has 2 aliphatic rings. The lowest BCUT2D eigenvalue weighted by Crippen LogP contribution is -2.47. The van der Waals surface area contributed by atoms with Crippen LogP contribution < -0.4 is 5.32 Å². The molecule has 94 valence electrons. The van der Waals surface area contributed by atoms with Gasteiger partial charge in [-0.3, -0.25) is 4.90 Å². The van der Waals surface area contributed by atoms with E-state index in [0.717, 1.165) is 39.1 Å². The maximum Gasteiger partial charge on any atom is 0.0620 e. The minimum Gasteiger partial charge on any atom is -0.395 e. The second-order valence-corrected chi connectivity index (χ2v) is 5.03. The zero-order valence-corrected chi connectivity index (χ0v) is 10.2. The molecule has 16 heavy (non-hydrogen) atoms. The van der Waals surface area contributed by atoms with Crippen molar-refractivity contribution in [3.63, 3.8) is 0 Å². The predicted molar refractivity (Wildman–Crippen MR) is 63.5 cm³/mol. The maximum absolute atomic E-state index is 9.31. The first-order chi connectivity index (χ1) is 7.81. The first kappa shape index (κ1) is 12.3. The van der Waals surface area contributed by atoms with E-state index >= 15 is 0 Å². The van der Waals surface area contributed by atoms with Gasteiger partial charge in [-0.2, -0.15) is 0 Å². The summed E-state index contributed by atoms with van der Waals surface area (Å²) >= 11 is 0. The van der Waals surface area contributed by atoms with Gasteiger partial charge in [-0.1, -0.05) is 0 Å². The average Bonchev–Trinajstić information content (AvgIpc) is 2.78. The Morgan fingerprint density at radius 2 is 2.44 bits per heavy atom. The van der Waals surface area contributed by atoms with Crippen LogP contribution in [0.5, 0.6) is 0 Å². The number of ether oxygens (including phenoxy) is 1. The number of hydrogen-bond acceptors (Lipinski definition) is 4. The molecule has 2 rings (SSSR count). The molecule has 2 heterocycles. The van der Waals surface area contributed by atoms with Gasteiger partial charge < -0.3 is 15.2 Å². The quantitative estimate of drug-likeness (QED) is 0.722. The van der Waals surface area contributed by atoms with Crippen LogP contribution in [-0.2, 0) is 4.74 Å². The van der Waals surface area contributed by atoms with Crippen LogP contribution in [0.4, 0.5) is 0 Å². The van der Waals surface area contributed by atoms with Gasteiger partial charge in [0, 0.05) is 24.7 Å². The lowest BCUT2D eigenvalue weighted by Gasteiger charge is -2.33. The fourth-order valence-electron chi connectivity index (χ4n) is 2.95. The highest BCUT2D eigenvalue weighted by Gasteiger charge is 2.29. The van der Waals surface area contributed by atoms with E-state index in [2.05, 4.69) is 17.1 Å². The minimum absolute atomic E-state index is 0.304. The molecule has 0 aromatic heterocycles. The van der Waals surface area contributed by atoms with Crippen molar-refractivity contribution in [1.29, 1.82) is 0 Å². The molecule has 0 bridgehead atoms. The van der Waals surface area contributed by atoms with Gasteiger partial charge in [0.05, 0.1) is 19.8 Å². The average molecular weight is 228 g/mol. The Bertz CT molecular complexity index is 207. The van der Waals surface area contributed by atoms with Crippen LogP contribution in [0.25, 0.3) is 0 Å². The van der Waals surface area contributed by atoms with E-state index in [1.165, 1.54) is 6.42 Å². The van der Waals surface area contributed by atoms with Gasteiger partial charge in [-0.05, 0) is 32.7 Å². The second-order valence-electron chi connectivity index (χ2n) is 5.03. The van der Waals surface area contributed by atoms with Crippen LogP contribution in [0.1, 0.15) is 26.2 Å². The number of nitrogens with zero attached hydrogens (tertiary/aromatic N) is 1. The van der Waals surface area contributed by atoms with Gasteiger partial charge in [0.15, 0.2) is 0 Å². The largest absolute Gasteiger partial charge is 0.395 e. The number of aliphatic hydroxyl groups is 1. The van der Waals surface area contributed by atoms with Crippen molar-refractivity contribution in [1.82, 2.24) is 10.2 Å². The highest BCUT2D eigenvalue weighted by molar-refractivity contribution is 4.85. The van der Waals surface area contributed by atoms with Gasteiger partial charge in [0.25, 0.3) is 0 Å². The summed E-state index contributed by atoms with van der Waals surface area (Å²) in [5.74, 6) is 0. The molecular weight excluding hydrogens is 204 g/mol. The molecular formula is C12H24N2O2. The summed E-state index contributed by atoms with van der Waals surface area (Å²) in [6.07, 6.45) is 3.50. The monoisotopic (exact) mass is 228 g/mol. The fraction of sp³-hybridized carbons (Fsp3) is 1.00. The normalized spacial score (nSPS) is 34.1. The molecule has 4 nitrogen and oxygen atoms in total. The Hall–Kier alpha value is -0.160. The molecule has 0 spiro atoms. The van der Waals surface area contributed by atoms with Crippen LogP contribution in [0, 0.1) is 0 Å². The summed E-state index contributed by atoms with van der Waals surface area (Å²) in [7, 11) is 0. The van der Waals surface area contributed by atoms with Crippen molar-refractivity contribution in [3.8, 4) is 0 Å². The standard InChI is InChI=1S/C12H24N2O2/c1-10(7-11-9-16-6-4-13-11)14-5-2-3-12(14)8-15/h10-13,15H,2-9H2,1H3. The van der Waals surface area contributed by atoms with Crippen molar-refractivity contribution in [2.24, 2.45) is 0 Å². The molecule has 2 fully saturated rings. The third-order valence-electron chi connectivity index (χ3n) is 3.82. The Morgan fingerprint density at radius 3 is 3.12 bits per heavy atom. The maximum atomic E-state index is 9.31. The fourth-order valence-corrected chi connectivity index (χ4v) is 2.95. The highest BCUT2D eigenvalue weighted by atomic mass is 16.5. The number of hydrogen-bond donors (Lipinski definition) is 2. The van der Waals surface area contributed by atoms with Crippen molar-refractivity contribution in [3.05, 3.63) is 0 Å². The number of aliphatic hydroxyl groups excluding tert-OH is 1. The number of morpholine rings is 1. The number of likely N-dealkylation sites (tertiary alicyclic amines) is 1. The smallest absolute Gasteiger partial charge is 0.0620 e. The Balaban J connectivity index is 1.79. The second kappa shape index (κ2) is 5.96. The molecule has 0 aromatic carbocycles. The van der Waals surface area contributed by atoms with Crippen molar-refractivity contribution in [2.45, 2.75) is 44.3 Å². The van der Waals surface area contributed by atoms with Gasteiger partial charge in [0.2, 0.25) is 0 Å². The topological polar surface area (TPSA) is 44.7 Å². The Morgan fingerprint density at radius 1 is 1.56 bits per heavy atom. The van der Waals surface area contributed by atoms with E-state index < -0.39 is 0 Å². The van der Waals surface area contributed by atoms with Crippen LogP contribution in [0.2, 0.25) is 0 Å². The molecule has 0 amide bonds. The van der Waals surface area contributed by atoms with Crippen LogP contribution in [-0.4, -0.2) is 61.0 Å². The zero-order chi connectivity index (χ0) is 11.4. The van der Waals surface area contributed by atoms with Gasteiger partial charge in [0.1, 0.15) is 0 Å². The van der Waals surface area contributed by atoms with Crippen LogP contribution >= 0.6 is 0 Å². The predicted octanol–water partition coefficient (Wildman–Crippen LogP) is 0.210. The summed E-state index contributed by atoms with van der Waals surface area (Å²) in [5.41, 5.74) is 0. The molecule has 4 heteroatoms. The van der Waals surface area contributed by atoms with Crippen LogP contribution in [0.3, 0.4) is 0 Å². The minimum atomic E-state index is 0.304. The molecule has 3 unspecified atom stereocenters. The highest BCUT2D eigenvalue weighted by Crippen LogP contribution is 2.22. The van der Waals surface area contributed by atoms with E-state index in [1.54, 1.807) is 0 Å². The summed E-state index contributed by atoms with van der Waals surface area (Å²) in [5, 5.41) is 12.8.